The molecule has 1 fully saturated rings. The van der Waals surface area contributed by atoms with Crippen molar-refractivity contribution in [3.05, 3.63) is 18.6 Å². The lowest BCUT2D eigenvalue weighted by Gasteiger charge is -2.36. The molecule has 0 unspecified atom stereocenters. The zero-order valence-corrected chi connectivity index (χ0v) is 11.8. The van der Waals surface area contributed by atoms with Crippen LogP contribution < -0.4 is 5.32 Å². The fraction of sp³-hybridized carbons (Fsp3) is 0.500. The molecule has 3 rings (SSSR count). The van der Waals surface area contributed by atoms with E-state index in [-0.39, 0.29) is 11.9 Å². The molecule has 0 bridgehead atoms. The topological polar surface area (TPSA) is 73.9 Å². The summed E-state index contributed by atoms with van der Waals surface area (Å²) in [4.78, 5) is 25.1. The van der Waals surface area contributed by atoms with Gasteiger partial charge in [0.1, 0.15) is 17.8 Å². The molecule has 6 nitrogen and oxygen atoms in total. The number of carbonyl (C=O) groups excluding carboxylic acids is 1. The van der Waals surface area contributed by atoms with Crippen LogP contribution in [0.4, 0.5) is 5.82 Å². The molecule has 1 saturated heterocycles. The first-order valence-corrected chi connectivity index (χ1v) is 6.93. The lowest BCUT2D eigenvalue weighted by atomic mass is 9.96. The quantitative estimate of drug-likeness (QED) is 0.872. The van der Waals surface area contributed by atoms with Crippen LogP contribution in [0.1, 0.15) is 20.3 Å². The van der Waals surface area contributed by atoms with E-state index >= 15 is 0 Å². The van der Waals surface area contributed by atoms with Crippen molar-refractivity contribution in [3.8, 4) is 0 Å². The number of hydrogen-bond donors (Lipinski definition) is 2. The van der Waals surface area contributed by atoms with Crippen LogP contribution >= 0.6 is 0 Å². The summed E-state index contributed by atoms with van der Waals surface area (Å²) in [5.41, 5.74) is 0.829. The van der Waals surface area contributed by atoms with Crippen molar-refractivity contribution in [2.75, 3.05) is 18.4 Å². The van der Waals surface area contributed by atoms with E-state index in [1.165, 1.54) is 0 Å². The first-order valence-electron chi connectivity index (χ1n) is 6.93. The minimum Gasteiger partial charge on any atom is -0.365 e. The highest BCUT2D eigenvalue weighted by atomic mass is 16.2. The molecule has 20 heavy (non-hydrogen) atoms. The molecule has 2 aromatic rings. The Bertz CT molecular complexity index is 623. The molecule has 1 aliphatic rings. The number of anilines is 1. The molecule has 3 heterocycles. The normalized spacial score (nSPS) is 23.0. The fourth-order valence-corrected chi connectivity index (χ4v) is 2.89. The SMILES string of the molecule is CC(=O)N1C[C@@H](C)C[C@@H](Nc2ncnc3[nH]ccc23)C1. The van der Waals surface area contributed by atoms with Gasteiger partial charge in [0.25, 0.3) is 0 Å². The Morgan fingerprint density at radius 2 is 2.30 bits per heavy atom. The van der Waals surface area contributed by atoms with Crippen LogP contribution in [-0.4, -0.2) is 44.9 Å². The maximum Gasteiger partial charge on any atom is 0.219 e. The third kappa shape index (κ3) is 2.45. The molecule has 2 N–H and O–H groups in total. The number of aromatic amines is 1. The Labute approximate surface area is 117 Å². The summed E-state index contributed by atoms with van der Waals surface area (Å²) < 4.78 is 0. The summed E-state index contributed by atoms with van der Waals surface area (Å²) in [7, 11) is 0. The molecule has 2 atom stereocenters. The molecule has 0 saturated carbocycles. The lowest BCUT2D eigenvalue weighted by molar-refractivity contribution is -0.130. The minimum absolute atomic E-state index is 0.137. The number of amides is 1. The van der Waals surface area contributed by atoms with Crippen LogP contribution in [0.2, 0.25) is 0 Å². The number of hydrogen-bond acceptors (Lipinski definition) is 4. The standard InChI is InChI=1S/C14H19N5O/c1-9-5-11(7-19(6-9)10(2)20)18-14-12-3-4-15-13(12)16-8-17-14/h3-4,8-9,11H,5-7H2,1-2H3,(H2,15,16,17,18)/t9-,11+/m0/s1. The van der Waals surface area contributed by atoms with Gasteiger partial charge in [-0.1, -0.05) is 6.92 Å². The van der Waals surface area contributed by atoms with Crippen LogP contribution in [0.25, 0.3) is 11.0 Å². The third-order valence-corrected chi connectivity index (χ3v) is 3.80. The average Bonchev–Trinajstić information content (AvgIpc) is 2.87. The predicted molar refractivity (Wildman–Crippen MR) is 77.3 cm³/mol. The number of aromatic nitrogens is 3. The summed E-state index contributed by atoms with van der Waals surface area (Å²) in [6.07, 6.45) is 4.45. The summed E-state index contributed by atoms with van der Waals surface area (Å²) in [5, 5.41) is 4.45. The maximum absolute atomic E-state index is 11.6. The Morgan fingerprint density at radius 3 is 3.10 bits per heavy atom. The average molecular weight is 273 g/mol. The van der Waals surface area contributed by atoms with Crippen LogP contribution in [-0.2, 0) is 4.79 Å². The van der Waals surface area contributed by atoms with Gasteiger partial charge >= 0.3 is 0 Å². The molecule has 0 aliphatic carbocycles. The smallest absolute Gasteiger partial charge is 0.219 e. The Morgan fingerprint density at radius 1 is 1.45 bits per heavy atom. The van der Waals surface area contributed by atoms with E-state index in [4.69, 9.17) is 0 Å². The minimum atomic E-state index is 0.137. The van der Waals surface area contributed by atoms with Gasteiger partial charge in [-0.25, -0.2) is 9.97 Å². The van der Waals surface area contributed by atoms with Gasteiger partial charge in [-0.05, 0) is 18.4 Å². The molecule has 6 heteroatoms. The van der Waals surface area contributed by atoms with E-state index in [1.807, 2.05) is 17.2 Å². The molecule has 0 aromatic carbocycles. The molecular formula is C14H19N5O. The third-order valence-electron chi connectivity index (χ3n) is 3.80. The predicted octanol–water partition coefficient (Wildman–Crippen LogP) is 1.63. The summed E-state index contributed by atoms with van der Waals surface area (Å²) >= 11 is 0. The number of rotatable bonds is 2. The number of piperidine rings is 1. The number of likely N-dealkylation sites (tertiary alicyclic amines) is 1. The van der Waals surface area contributed by atoms with Crippen molar-refractivity contribution in [2.45, 2.75) is 26.3 Å². The van der Waals surface area contributed by atoms with Gasteiger partial charge in [-0.15, -0.1) is 0 Å². The number of carbonyl (C=O) groups is 1. The zero-order valence-electron chi connectivity index (χ0n) is 11.8. The molecule has 2 aromatic heterocycles. The van der Waals surface area contributed by atoms with Gasteiger partial charge in [-0.3, -0.25) is 4.79 Å². The summed E-state index contributed by atoms with van der Waals surface area (Å²) in [6, 6.07) is 2.20. The van der Waals surface area contributed by atoms with Crippen LogP contribution in [0, 0.1) is 5.92 Å². The van der Waals surface area contributed by atoms with E-state index in [9.17, 15) is 4.79 Å². The highest BCUT2D eigenvalue weighted by Crippen LogP contribution is 2.23. The number of fused-ring (bicyclic) bond motifs is 1. The Balaban J connectivity index is 1.80. The van der Waals surface area contributed by atoms with Crippen LogP contribution in [0.15, 0.2) is 18.6 Å². The zero-order chi connectivity index (χ0) is 14.1. The lowest BCUT2D eigenvalue weighted by Crippen LogP contribution is -2.47. The van der Waals surface area contributed by atoms with Gasteiger partial charge in [0.15, 0.2) is 0 Å². The number of nitrogens with one attached hydrogen (secondary N) is 2. The van der Waals surface area contributed by atoms with Crippen LogP contribution in [0.3, 0.4) is 0 Å². The number of nitrogens with zero attached hydrogens (tertiary/aromatic N) is 3. The monoisotopic (exact) mass is 273 g/mol. The van der Waals surface area contributed by atoms with Crippen LogP contribution in [0.5, 0.6) is 0 Å². The van der Waals surface area contributed by atoms with Crippen molar-refractivity contribution in [1.82, 2.24) is 19.9 Å². The first kappa shape index (κ1) is 12.9. The molecule has 1 amide bonds. The Kier molecular flexibility index (Phi) is 3.30. The van der Waals surface area contributed by atoms with E-state index in [2.05, 4.69) is 27.2 Å². The fourth-order valence-electron chi connectivity index (χ4n) is 2.89. The Hall–Kier alpha value is -2.11. The highest BCUT2D eigenvalue weighted by molar-refractivity contribution is 5.86. The number of H-pyrrole nitrogens is 1. The van der Waals surface area contributed by atoms with Crippen molar-refractivity contribution in [2.24, 2.45) is 5.92 Å². The van der Waals surface area contributed by atoms with Gasteiger partial charge in [0, 0.05) is 32.3 Å². The maximum atomic E-state index is 11.6. The van der Waals surface area contributed by atoms with Gasteiger partial charge in [-0.2, -0.15) is 0 Å². The van der Waals surface area contributed by atoms with E-state index in [0.717, 1.165) is 36.4 Å². The van der Waals surface area contributed by atoms with Gasteiger partial charge < -0.3 is 15.2 Å². The summed E-state index contributed by atoms with van der Waals surface area (Å²) in [6.45, 7) is 5.38. The molecule has 0 radical (unpaired) electrons. The second-order valence-corrected chi connectivity index (χ2v) is 5.57. The highest BCUT2D eigenvalue weighted by Gasteiger charge is 2.26. The van der Waals surface area contributed by atoms with Crippen molar-refractivity contribution in [3.63, 3.8) is 0 Å². The molecule has 1 aliphatic heterocycles. The van der Waals surface area contributed by atoms with E-state index < -0.39 is 0 Å². The van der Waals surface area contributed by atoms with Gasteiger partial charge in [0.2, 0.25) is 5.91 Å². The van der Waals surface area contributed by atoms with Gasteiger partial charge in [0.05, 0.1) is 5.39 Å². The first-order chi connectivity index (χ1) is 9.63. The molecule has 106 valence electrons. The molecule has 0 spiro atoms. The summed E-state index contributed by atoms with van der Waals surface area (Å²) in [5.74, 6) is 1.46. The molecular weight excluding hydrogens is 254 g/mol. The van der Waals surface area contributed by atoms with Crippen molar-refractivity contribution in [1.29, 1.82) is 0 Å². The van der Waals surface area contributed by atoms with Crippen molar-refractivity contribution >= 4 is 22.8 Å². The second-order valence-electron chi connectivity index (χ2n) is 5.57. The van der Waals surface area contributed by atoms with E-state index in [0.29, 0.717) is 5.92 Å². The largest absolute Gasteiger partial charge is 0.365 e. The van der Waals surface area contributed by atoms with E-state index in [1.54, 1.807) is 13.3 Å². The second kappa shape index (κ2) is 5.11. The van der Waals surface area contributed by atoms with Crippen molar-refractivity contribution < 1.29 is 4.79 Å².